The summed E-state index contributed by atoms with van der Waals surface area (Å²) in [4.78, 5) is 15.9. The van der Waals surface area contributed by atoms with Gasteiger partial charge in [-0.05, 0) is 48.9 Å². The normalized spacial score (nSPS) is 12.5. The molecule has 0 fully saturated rings. The van der Waals surface area contributed by atoms with Gasteiger partial charge in [0.1, 0.15) is 5.75 Å². The highest BCUT2D eigenvalue weighted by atomic mass is 19.4. The third-order valence-electron chi connectivity index (χ3n) is 2.90. The Bertz CT molecular complexity index is 627. The zero-order valence-corrected chi connectivity index (χ0v) is 11.6. The minimum Gasteiger partial charge on any atom is -0.406 e. The van der Waals surface area contributed by atoms with E-state index in [1.54, 1.807) is 31.5 Å². The van der Waals surface area contributed by atoms with Crippen molar-refractivity contribution < 1.29 is 22.7 Å². The molecule has 116 valence electrons. The monoisotopic (exact) mass is 310 g/mol. The summed E-state index contributed by atoms with van der Waals surface area (Å²) in [7, 11) is 0. The van der Waals surface area contributed by atoms with E-state index in [2.05, 4.69) is 15.0 Å². The first kappa shape index (κ1) is 15.8. The number of amides is 1. The maximum Gasteiger partial charge on any atom is 0.573 e. The van der Waals surface area contributed by atoms with Gasteiger partial charge in [-0.1, -0.05) is 0 Å². The van der Waals surface area contributed by atoms with Crippen LogP contribution in [-0.2, 0) is 0 Å². The maximum absolute atomic E-state index is 12.1. The third kappa shape index (κ3) is 4.47. The number of alkyl halides is 3. The van der Waals surface area contributed by atoms with Crippen molar-refractivity contribution in [3.8, 4) is 5.75 Å². The average molecular weight is 310 g/mol. The Labute approximate surface area is 124 Å². The minimum absolute atomic E-state index is 0.246. The number of hydrogen-bond donors (Lipinski definition) is 1. The van der Waals surface area contributed by atoms with Gasteiger partial charge in [0.25, 0.3) is 5.91 Å². The summed E-state index contributed by atoms with van der Waals surface area (Å²) in [5.74, 6) is -0.755. The quantitative estimate of drug-likeness (QED) is 0.940. The van der Waals surface area contributed by atoms with Gasteiger partial charge in [0.15, 0.2) is 0 Å². The van der Waals surface area contributed by atoms with Crippen molar-refractivity contribution >= 4 is 5.91 Å². The molecule has 1 N–H and O–H groups in total. The Balaban J connectivity index is 2.01. The van der Waals surface area contributed by atoms with Crippen LogP contribution in [0.15, 0.2) is 48.8 Å². The lowest BCUT2D eigenvalue weighted by Gasteiger charge is -2.14. The fourth-order valence-electron chi connectivity index (χ4n) is 1.82. The van der Waals surface area contributed by atoms with E-state index in [0.717, 1.165) is 17.7 Å². The van der Waals surface area contributed by atoms with E-state index in [1.807, 2.05) is 0 Å². The largest absolute Gasteiger partial charge is 0.573 e. The highest BCUT2D eigenvalue weighted by Gasteiger charge is 2.31. The van der Waals surface area contributed by atoms with Crippen LogP contribution in [0.2, 0.25) is 0 Å². The number of halogens is 3. The van der Waals surface area contributed by atoms with Crippen LogP contribution in [0.25, 0.3) is 0 Å². The van der Waals surface area contributed by atoms with Crippen LogP contribution in [0.3, 0.4) is 0 Å². The first-order valence-electron chi connectivity index (χ1n) is 6.42. The minimum atomic E-state index is -4.75. The molecule has 0 radical (unpaired) electrons. The van der Waals surface area contributed by atoms with Gasteiger partial charge in [-0.2, -0.15) is 0 Å². The number of carbonyl (C=O) groups is 1. The number of nitrogens with one attached hydrogen (secondary N) is 1. The van der Waals surface area contributed by atoms with E-state index in [1.165, 1.54) is 12.1 Å². The number of carbonyl (C=O) groups excluding carboxylic acids is 1. The first-order valence-corrected chi connectivity index (χ1v) is 6.42. The number of hydrogen-bond acceptors (Lipinski definition) is 3. The molecule has 4 nitrogen and oxygen atoms in total. The lowest BCUT2D eigenvalue weighted by atomic mass is 10.1. The molecule has 0 aliphatic heterocycles. The highest BCUT2D eigenvalue weighted by Crippen LogP contribution is 2.23. The van der Waals surface area contributed by atoms with Gasteiger partial charge in [0.05, 0.1) is 6.04 Å². The fourth-order valence-corrected chi connectivity index (χ4v) is 1.82. The average Bonchev–Trinajstić information content (AvgIpc) is 2.47. The smallest absolute Gasteiger partial charge is 0.406 e. The maximum atomic E-state index is 12.1. The molecule has 22 heavy (non-hydrogen) atoms. The number of aromatic nitrogens is 1. The van der Waals surface area contributed by atoms with Crippen molar-refractivity contribution in [3.05, 3.63) is 59.9 Å². The second kappa shape index (κ2) is 6.46. The van der Waals surface area contributed by atoms with E-state index in [9.17, 15) is 18.0 Å². The molecular formula is C15H13F3N2O2. The Morgan fingerprint density at radius 1 is 1.14 bits per heavy atom. The van der Waals surface area contributed by atoms with Crippen LogP contribution >= 0.6 is 0 Å². The molecule has 0 spiro atoms. The van der Waals surface area contributed by atoms with Gasteiger partial charge < -0.3 is 10.1 Å². The van der Waals surface area contributed by atoms with E-state index in [0.29, 0.717) is 0 Å². The zero-order valence-electron chi connectivity index (χ0n) is 11.6. The molecule has 0 bridgehead atoms. The van der Waals surface area contributed by atoms with Crippen LogP contribution in [0.1, 0.15) is 28.9 Å². The summed E-state index contributed by atoms with van der Waals surface area (Å²) in [6.45, 7) is 1.80. The number of rotatable bonds is 4. The van der Waals surface area contributed by atoms with Crippen LogP contribution < -0.4 is 10.1 Å². The van der Waals surface area contributed by atoms with Crippen LogP contribution in [0, 0.1) is 0 Å². The summed E-state index contributed by atoms with van der Waals surface area (Å²) in [5, 5.41) is 2.75. The number of ether oxygens (including phenoxy) is 1. The highest BCUT2D eigenvalue weighted by molar-refractivity contribution is 5.94. The van der Waals surface area contributed by atoms with E-state index >= 15 is 0 Å². The Morgan fingerprint density at radius 3 is 2.27 bits per heavy atom. The predicted octanol–water partition coefficient (Wildman–Crippen LogP) is 3.47. The lowest BCUT2D eigenvalue weighted by Crippen LogP contribution is -2.26. The second-order valence-corrected chi connectivity index (χ2v) is 4.55. The van der Waals surface area contributed by atoms with Gasteiger partial charge in [0, 0.05) is 18.0 Å². The van der Waals surface area contributed by atoms with Crippen molar-refractivity contribution in [2.24, 2.45) is 0 Å². The molecule has 0 aliphatic carbocycles. The summed E-state index contributed by atoms with van der Waals surface area (Å²) in [6.07, 6.45) is -1.53. The second-order valence-electron chi connectivity index (χ2n) is 4.55. The van der Waals surface area contributed by atoms with E-state index in [4.69, 9.17) is 0 Å². The van der Waals surface area contributed by atoms with E-state index in [-0.39, 0.29) is 23.3 Å². The first-order chi connectivity index (χ1) is 10.3. The van der Waals surface area contributed by atoms with Crippen LogP contribution in [0.4, 0.5) is 13.2 Å². The molecule has 1 atom stereocenters. The lowest BCUT2D eigenvalue weighted by molar-refractivity contribution is -0.274. The summed E-state index contributed by atoms with van der Waals surface area (Å²) < 4.78 is 39.9. The molecular weight excluding hydrogens is 297 g/mol. The Hall–Kier alpha value is -2.57. The molecule has 0 unspecified atom stereocenters. The number of pyridine rings is 1. The molecule has 0 aliphatic rings. The molecule has 0 saturated carbocycles. The topological polar surface area (TPSA) is 51.2 Å². The fraction of sp³-hybridized carbons (Fsp3) is 0.200. The van der Waals surface area contributed by atoms with Gasteiger partial charge in [-0.15, -0.1) is 13.2 Å². The summed E-state index contributed by atoms with van der Waals surface area (Å²) in [6, 6.07) is 8.03. The van der Waals surface area contributed by atoms with Crippen molar-refractivity contribution in [2.75, 3.05) is 0 Å². The molecule has 2 aromatic rings. The van der Waals surface area contributed by atoms with Crippen molar-refractivity contribution in [1.29, 1.82) is 0 Å². The Morgan fingerprint density at radius 2 is 1.73 bits per heavy atom. The van der Waals surface area contributed by atoms with E-state index < -0.39 is 6.36 Å². The van der Waals surface area contributed by atoms with Gasteiger partial charge >= 0.3 is 6.36 Å². The van der Waals surface area contributed by atoms with Crippen molar-refractivity contribution in [2.45, 2.75) is 19.3 Å². The van der Waals surface area contributed by atoms with Crippen LogP contribution in [-0.4, -0.2) is 17.3 Å². The summed E-state index contributed by atoms with van der Waals surface area (Å²) in [5.41, 5.74) is 1.12. The predicted molar refractivity (Wildman–Crippen MR) is 73.2 cm³/mol. The molecule has 1 heterocycles. The zero-order chi connectivity index (χ0) is 16.2. The SMILES string of the molecule is C[C@@H](NC(=O)c1ccc(OC(F)(F)F)cc1)c1ccncc1. The molecule has 1 aromatic carbocycles. The molecule has 0 saturated heterocycles. The Kier molecular flexibility index (Phi) is 4.65. The third-order valence-corrected chi connectivity index (χ3v) is 2.90. The molecule has 1 amide bonds. The van der Waals surface area contributed by atoms with Gasteiger partial charge in [0.2, 0.25) is 0 Å². The van der Waals surface area contributed by atoms with Gasteiger partial charge in [-0.25, -0.2) is 0 Å². The van der Waals surface area contributed by atoms with Gasteiger partial charge in [-0.3, -0.25) is 9.78 Å². The number of nitrogens with zero attached hydrogens (tertiary/aromatic N) is 1. The molecule has 1 aromatic heterocycles. The van der Waals surface area contributed by atoms with Crippen LogP contribution in [0.5, 0.6) is 5.75 Å². The molecule has 2 rings (SSSR count). The van der Waals surface area contributed by atoms with Crippen molar-refractivity contribution in [3.63, 3.8) is 0 Å². The summed E-state index contributed by atoms with van der Waals surface area (Å²) >= 11 is 0. The number of benzene rings is 1. The molecule has 7 heteroatoms. The standard InChI is InChI=1S/C15H13F3N2O2/c1-10(11-6-8-19-9-7-11)20-14(21)12-2-4-13(5-3-12)22-15(16,17)18/h2-10H,1H3,(H,20,21)/t10-/m1/s1. The van der Waals surface area contributed by atoms with Crippen molar-refractivity contribution in [1.82, 2.24) is 10.3 Å².